The van der Waals surface area contributed by atoms with Gasteiger partial charge in [-0.1, -0.05) is 0 Å². The number of anilines is 1. The first-order valence-electron chi connectivity index (χ1n) is 6.34. The quantitative estimate of drug-likeness (QED) is 0.865. The minimum atomic E-state index is -0.183. The number of rotatable bonds is 5. The molecule has 4 N–H and O–H groups in total. The van der Waals surface area contributed by atoms with Crippen molar-refractivity contribution in [3.63, 3.8) is 0 Å². The van der Waals surface area contributed by atoms with E-state index < -0.39 is 0 Å². The Morgan fingerprint density at radius 2 is 2.16 bits per heavy atom. The number of nitrogen functional groups attached to an aromatic ring is 1. The highest BCUT2D eigenvalue weighted by Crippen LogP contribution is 2.24. The molecule has 1 saturated heterocycles. The van der Waals surface area contributed by atoms with Crippen LogP contribution >= 0.6 is 23.7 Å². The van der Waals surface area contributed by atoms with E-state index in [1.54, 1.807) is 11.3 Å². The number of nitrogens with two attached hydrogens (primary N) is 2. The zero-order chi connectivity index (χ0) is 13.0. The summed E-state index contributed by atoms with van der Waals surface area (Å²) in [6.07, 6.45) is 5.63. The predicted molar refractivity (Wildman–Crippen MR) is 80.2 cm³/mol. The van der Waals surface area contributed by atoms with Crippen molar-refractivity contribution in [3.8, 4) is 0 Å². The van der Waals surface area contributed by atoms with Crippen LogP contribution in [0.2, 0.25) is 0 Å². The van der Waals surface area contributed by atoms with Gasteiger partial charge in [-0.2, -0.15) is 0 Å². The van der Waals surface area contributed by atoms with E-state index in [9.17, 15) is 4.79 Å². The second kappa shape index (κ2) is 7.67. The summed E-state index contributed by atoms with van der Waals surface area (Å²) in [5.74, 6) is 0.470. The molecule has 1 aromatic rings. The highest BCUT2D eigenvalue weighted by molar-refractivity contribution is 7.15. The van der Waals surface area contributed by atoms with Crippen LogP contribution < -0.4 is 11.5 Å². The predicted octanol–water partition coefficient (Wildman–Crippen LogP) is 1.62. The summed E-state index contributed by atoms with van der Waals surface area (Å²) in [5.41, 5.74) is 10.8. The molecule has 2 heterocycles. The van der Waals surface area contributed by atoms with Crippen molar-refractivity contribution < 1.29 is 4.79 Å². The molecule has 0 spiro atoms. The number of halogens is 1. The van der Waals surface area contributed by atoms with Crippen LogP contribution in [0, 0.1) is 5.92 Å². The van der Waals surface area contributed by atoms with Crippen molar-refractivity contribution in [2.24, 2.45) is 11.7 Å². The van der Waals surface area contributed by atoms with Gasteiger partial charge in [-0.25, -0.2) is 4.98 Å². The maximum absolute atomic E-state index is 10.7. The molecule has 1 aromatic heterocycles. The second-order valence-corrected chi connectivity index (χ2v) is 6.04. The molecule has 108 valence electrons. The van der Waals surface area contributed by atoms with Crippen molar-refractivity contribution in [1.82, 2.24) is 9.88 Å². The Hall–Kier alpha value is -0.850. The monoisotopic (exact) mass is 304 g/mol. The molecule has 0 saturated carbocycles. The molecule has 0 unspecified atom stereocenters. The van der Waals surface area contributed by atoms with Crippen molar-refractivity contribution in [3.05, 3.63) is 11.1 Å². The van der Waals surface area contributed by atoms with Crippen molar-refractivity contribution in [1.29, 1.82) is 0 Å². The number of carbonyl (C=O) groups is 1. The van der Waals surface area contributed by atoms with Crippen LogP contribution in [0.5, 0.6) is 0 Å². The number of nitrogens with zero attached hydrogens (tertiary/aromatic N) is 2. The van der Waals surface area contributed by atoms with Gasteiger partial charge in [-0.3, -0.25) is 9.69 Å². The zero-order valence-corrected chi connectivity index (χ0v) is 12.5. The van der Waals surface area contributed by atoms with Crippen LogP contribution in [0.1, 0.15) is 30.6 Å². The third kappa shape index (κ3) is 5.34. The summed E-state index contributed by atoms with van der Waals surface area (Å²) < 4.78 is 0. The smallest absolute Gasteiger partial charge is 0.217 e. The van der Waals surface area contributed by atoms with Crippen molar-refractivity contribution in [2.45, 2.75) is 32.2 Å². The fraction of sp³-hybridized carbons (Fsp3) is 0.667. The number of hydrogen-bond acceptors (Lipinski definition) is 5. The average Bonchev–Trinajstić information content (AvgIpc) is 2.74. The standard InChI is InChI=1S/C12H20N4OS.ClH/c13-11(17)2-1-9-3-5-16(6-4-9)8-10-7-15-12(14)18-10;/h7,9H,1-6,8H2,(H2,13,17)(H2,14,15);1H. The molecule has 0 aromatic carbocycles. The summed E-state index contributed by atoms with van der Waals surface area (Å²) in [4.78, 5) is 18.5. The highest BCUT2D eigenvalue weighted by Gasteiger charge is 2.19. The van der Waals surface area contributed by atoms with E-state index in [4.69, 9.17) is 11.5 Å². The average molecular weight is 305 g/mol. The van der Waals surface area contributed by atoms with E-state index >= 15 is 0 Å². The molecule has 0 aliphatic carbocycles. The fourth-order valence-corrected chi connectivity index (χ4v) is 3.12. The Labute approximate surface area is 123 Å². The first kappa shape index (κ1) is 16.2. The number of piperidine rings is 1. The van der Waals surface area contributed by atoms with E-state index in [2.05, 4.69) is 9.88 Å². The van der Waals surface area contributed by atoms with Gasteiger partial charge < -0.3 is 11.5 Å². The minimum Gasteiger partial charge on any atom is -0.375 e. The van der Waals surface area contributed by atoms with Crippen LogP contribution in [0.25, 0.3) is 0 Å². The van der Waals surface area contributed by atoms with Gasteiger partial charge in [0.1, 0.15) is 0 Å². The molecule has 0 radical (unpaired) electrons. The van der Waals surface area contributed by atoms with Gasteiger partial charge in [-0.05, 0) is 38.3 Å². The molecule has 1 aliphatic rings. The molecule has 7 heteroatoms. The Morgan fingerprint density at radius 3 is 2.68 bits per heavy atom. The van der Waals surface area contributed by atoms with Gasteiger partial charge >= 0.3 is 0 Å². The van der Waals surface area contributed by atoms with Crippen LogP contribution in [-0.2, 0) is 11.3 Å². The molecule has 5 nitrogen and oxygen atoms in total. The molecule has 1 fully saturated rings. The minimum absolute atomic E-state index is 0. The number of hydrogen-bond donors (Lipinski definition) is 2. The van der Waals surface area contributed by atoms with Crippen molar-refractivity contribution in [2.75, 3.05) is 18.8 Å². The van der Waals surface area contributed by atoms with E-state index in [0.717, 1.165) is 38.9 Å². The first-order chi connectivity index (χ1) is 8.63. The molecule has 0 atom stereocenters. The van der Waals surface area contributed by atoms with E-state index in [1.165, 1.54) is 4.88 Å². The largest absolute Gasteiger partial charge is 0.375 e. The molecule has 1 amide bonds. The lowest BCUT2D eigenvalue weighted by Crippen LogP contribution is -2.33. The van der Waals surface area contributed by atoms with Crippen LogP contribution in [0.4, 0.5) is 5.13 Å². The maximum Gasteiger partial charge on any atom is 0.217 e. The van der Waals surface area contributed by atoms with E-state index in [1.807, 2.05) is 6.20 Å². The van der Waals surface area contributed by atoms with Crippen LogP contribution in [0.3, 0.4) is 0 Å². The Morgan fingerprint density at radius 1 is 1.47 bits per heavy atom. The molecular weight excluding hydrogens is 284 g/mol. The number of carbonyl (C=O) groups excluding carboxylic acids is 1. The van der Waals surface area contributed by atoms with Crippen molar-refractivity contribution >= 4 is 34.8 Å². The number of aromatic nitrogens is 1. The molecular formula is C12H21ClN4OS. The van der Waals surface area contributed by atoms with Gasteiger partial charge in [-0.15, -0.1) is 23.7 Å². The Bertz CT molecular complexity index is 404. The second-order valence-electron chi connectivity index (χ2n) is 4.89. The maximum atomic E-state index is 10.7. The number of primary amides is 1. The number of thiazole rings is 1. The van der Waals surface area contributed by atoms with Gasteiger partial charge in [0, 0.05) is 24.0 Å². The van der Waals surface area contributed by atoms with E-state index in [0.29, 0.717) is 17.5 Å². The highest BCUT2D eigenvalue weighted by atomic mass is 35.5. The molecule has 2 rings (SSSR count). The van der Waals surface area contributed by atoms with Gasteiger partial charge in [0.05, 0.1) is 0 Å². The summed E-state index contributed by atoms with van der Waals surface area (Å²) in [5, 5.41) is 0.640. The summed E-state index contributed by atoms with van der Waals surface area (Å²) >= 11 is 1.56. The summed E-state index contributed by atoms with van der Waals surface area (Å²) in [7, 11) is 0. The Balaban J connectivity index is 0.00000180. The third-order valence-corrected chi connectivity index (χ3v) is 4.27. The first-order valence-corrected chi connectivity index (χ1v) is 7.16. The number of likely N-dealkylation sites (tertiary alicyclic amines) is 1. The number of amides is 1. The topological polar surface area (TPSA) is 85.2 Å². The third-order valence-electron chi connectivity index (χ3n) is 3.46. The van der Waals surface area contributed by atoms with Crippen LogP contribution in [-0.4, -0.2) is 28.9 Å². The fourth-order valence-electron chi connectivity index (χ4n) is 2.40. The summed E-state index contributed by atoms with van der Waals surface area (Å²) in [6, 6.07) is 0. The van der Waals surface area contributed by atoms with Gasteiger partial charge in [0.2, 0.25) is 5.91 Å². The summed E-state index contributed by atoms with van der Waals surface area (Å²) in [6.45, 7) is 3.11. The molecule has 0 bridgehead atoms. The Kier molecular flexibility index (Phi) is 6.54. The zero-order valence-electron chi connectivity index (χ0n) is 10.9. The lowest BCUT2D eigenvalue weighted by molar-refractivity contribution is -0.118. The van der Waals surface area contributed by atoms with Crippen LogP contribution in [0.15, 0.2) is 6.20 Å². The van der Waals surface area contributed by atoms with Gasteiger partial charge in [0.15, 0.2) is 5.13 Å². The lowest BCUT2D eigenvalue weighted by atomic mass is 9.92. The van der Waals surface area contributed by atoms with E-state index in [-0.39, 0.29) is 18.3 Å². The van der Waals surface area contributed by atoms with Gasteiger partial charge in [0.25, 0.3) is 0 Å². The molecule has 19 heavy (non-hydrogen) atoms. The normalized spacial score (nSPS) is 17.1. The SMILES string of the molecule is Cl.NC(=O)CCC1CCN(Cc2cnc(N)s2)CC1. The lowest BCUT2D eigenvalue weighted by Gasteiger charge is -2.31. The molecule has 1 aliphatic heterocycles.